The van der Waals surface area contributed by atoms with Gasteiger partial charge >= 0.3 is 0 Å². The zero-order chi connectivity index (χ0) is 18.7. The van der Waals surface area contributed by atoms with Crippen molar-refractivity contribution in [3.05, 3.63) is 29.4 Å². The molecule has 0 spiro atoms. The molecule has 1 aromatic heterocycles. The second-order valence-corrected chi connectivity index (χ2v) is 9.63. The molecule has 2 heterocycles. The first-order valence-electron chi connectivity index (χ1n) is 9.57. The van der Waals surface area contributed by atoms with Gasteiger partial charge in [0, 0.05) is 19.3 Å². The van der Waals surface area contributed by atoms with Gasteiger partial charge in [0.15, 0.2) is 0 Å². The summed E-state index contributed by atoms with van der Waals surface area (Å²) in [6, 6.07) is 4.15. The van der Waals surface area contributed by atoms with E-state index in [2.05, 4.69) is 0 Å². The monoisotopic (exact) mass is 379 g/mol. The third-order valence-electron chi connectivity index (χ3n) is 5.42. The van der Waals surface area contributed by atoms with Gasteiger partial charge in [0.25, 0.3) is 0 Å². The average molecular weight is 380 g/mol. The Kier molecular flexibility index (Phi) is 5.97. The molecule has 1 atom stereocenters. The normalized spacial score (nSPS) is 23.9. The minimum absolute atomic E-state index is 0.0482. The molecule has 1 saturated heterocycles. The lowest BCUT2D eigenvalue weighted by molar-refractivity contribution is 0.0778. The Morgan fingerprint density at radius 2 is 1.88 bits per heavy atom. The number of hydrogen-bond acceptors (Lipinski definition) is 4. The van der Waals surface area contributed by atoms with Crippen LogP contribution in [0.25, 0.3) is 0 Å². The number of aromatic nitrogens is 1. The average Bonchev–Trinajstić information content (AvgIpc) is 2.62. The third-order valence-corrected chi connectivity index (χ3v) is 6.69. The number of rotatable bonds is 3. The molecule has 1 aliphatic carbocycles. The molecule has 1 saturated carbocycles. The van der Waals surface area contributed by atoms with Crippen molar-refractivity contribution in [2.45, 2.75) is 57.9 Å². The molecule has 2 aliphatic rings. The topological polar surface area (TPSA) is 71.7 Å². The largest absolute Gasteiger partial charge is 0.274 e. The van der Waals surface area contributed by atoms with Crippen LogP contribution in [0.15, 0.2) is 23.3 Å². The van der Waals surface area contributed by atoms with Gasteiger partial charge in [0.05, 0.1) is 18.2 Å². The lowest BCUT2D eigenvalue weighted by Gasteiger charge is -2.30. The van der Waals surface area contributed by atoms with Crippen molar-refractivity contribution < 1.29 is 13.2 Å². The number of carbonyl (C=O) groups excluding carboxylic acids is 1. The van der Waals surface area contributed by atoms with Gasteiger partial charge in [-0.2, -0.15) is 0 Å². The van der Waals surface area contributed by atoms with E-state index in [0.717, 1.165) is 18.4 Å². The lowest BCUT2D eigenvalue weighted by Crippen LogP contribution is -2.44. The van der Waals surface area contributed by atoms with Crippen molar-refractivity contribution in [2.75, 3.05) is 19.3 Å². The molecule has 0 N–H and O–H groups in total. The summed E-state index contributed by atoms with van der Waals surface area (Å²) in [4.78, 5) is 18.0. The molecule has 1 unspecified atom stereocenters. The van der Waals surface area contributed by atoms with E-state index in [1.807, 2.05) is 19.1 Å². The van der Waals surface area contributed by atoms with E-state index in [4.69, 9.17) is 4.99 Å². The van der Waals surface area contributed by atoms with Gasteiger partial charge in [-0.05, 0) is 50.3 Å². The Morgan fingerprint density at radius 1 is 1.15 bits per heavy atom. The summed E-state index contributed by atoms with van der Waals surface area (Å²) in [7, 11) is -3.27. The number of aryl methyl sites for hydroxylation is 1. The molecule has 0 radical (unpaired) electrons. The fourth-order valence-corrected chi connectivity index (χ4v) is 4.83. The summed E-state index contributed by atoms with van der Waals surface area (Å²) >= 11 is 0. The Hall–Kier alpha value is -1.47. The molecule has 1 aliphatic heterocycles. The quantitative estimate of drug-likeness (QED) is 0.809. The summed E-state index contributed by atoms with van der Waals surface area (Å²) < 4.78 is 26.8. The summed E-state index contributed by atoms with van der Waals surface area (Å²) in [6.45, 7) is 2.77. The number of piperidine rings is 1. The fraction of sp³-hybridized carbons (Fsp3) is 0.684. The van der Waals surface area contributed by atoms with Crippen LogP contribution in [0.4, 0.5) is 0 Å². The summed E-state index contributed by atoms with van der Waals surface area (Å²) in [5.74, 6) is -0.362. The van der Waals surface area contributed by atoms with Crippen LogP contribution in [0.5, 0.6) is 0 Å². The number of sulfonamides is 1. The van der Waals surface area contributed by atoms with E-state index < -0.39 is 10.0 Å². The highest BCUT2D eigenvalue weighted by Crippen LogP contribution is 2.21. The van der Waals surface area contributed by atoms with Crippen molar-refractivity contribution in [2.24, 2.45) is 10.9 Å². The summed E-state index contributed by atoms with van der Waals surface area (Å²) in [5.41, 5.74) is 1.78. The van der Waals surface area contributed by atoms with Gasteiger partial charge in [-0.15, -0.1) is 0 Å². The van der Waals surface area contributed by atoms with Crippen LogP contribution >= 0.6 is 0 Å². The van der Waals surface area contributed by atoms with Crippen molar-refractivity contribution in [1.29, 1.82) is 0 Å². The van der Waals surface area contributed by atoms with Crippen molar-refractivity contribution >= 4 is 15.9 Å². The number of pyridine rings is 1. The van der Waals surface area contributed by atoms with E-state index in [1.54, 1.807) is 10.8 Å². The maximum atomic E-state index is 13.1. The van der Waals surface area contributed by atoms with Gasteiger partial charge in [0.2, 0.25) is 15.9 Å². The van der Waals surface area contributed by atoms with Crippen molar-refractivity contribution in [1.82, 2.24) is 8.87 Å². The van der Waals surface area contributed by atoms with Gasteiger partial charge in [-0.25, -0.2) is 12.7 Å². The standard InChI is InChI=1S/C19H29N3O3S/c1-15-10-12-22(18(13-15)20-17-8-4-3-5-9-17)19(23)16-7-6-11-21(14-16)26(2,24)25/h10,12-13,16-17H,3-9,11,14H2,1-2H3. The predicted molar refractivity (Wildman–Crippen MR) is 101 cm³/mol. The van der Waals surface area contributed by atoms with E-state index in [1.165, 1.54) is 29.8 Å². The second kappa shape index (κ2) is 8.05. The highest BCUT2D eigenvalue weighted by Gasteiger charge is 2.31. The van der Waals surface area contributed by atoms with Gasteiger partial charge in [-0.1, -0.05) is 19.3 Å². The van der Waals surface area contributed by atoms with Gasteiger partial charge < -0.3 is 0 Å². The summed E-state index contributed by atoms with van der Waals surface area (Å²) in [5, 5.41) is 0. The van der Waals surface area contributed by atoms with E-state index in [9.17, 15) is 13.2 Å². The van der Waals surface area contributed by atoms with Crippen molar-refractivity contribution in [3.8, 4) is 0 Å². The molecule has 7 heteroatoms. The smallest absolute Gasteiger partial charge is 0.236 e. The first kappa shape index (κ1) is 19.3. The van der Waals surface area contributed by atoms with Crippen LogP contribution in [-0.2, 0) is 10.0 Å². The number of hydrogen-bond donors (Lipinski definition) is 0. The zero-order valence-corrected chi connectivity index (χ0v) is 16.5. The van der Waals surface area contributed by atoms with Gasteiger partial charge in [0.1, 0.15) is 5.49 Å². The molecule has 0 bridgehead atoms. The maximum absolute atomic E-state index is 13.1. The SMILES string of the molecule is Cc1ccn(C(=O)C2CCCN(S(C)(=O)=O)C2)c(=NC2CCCCC2)c1. The molecule has 26 heavy (non-hydrogen) atoms. The number of carbonyl (C=O) groups is 1. The van der Waals surface area contributed by atoms with Crippen LogP contribution in [0, 0.1) is 12.8 Å². The Bertz CT molecular complexity index is 823. The first-order valence-corrected chi connectivity index (χ1v) is 11.4. The fourth-order valence-electron chi connectivity index (χ4n) is 3.91. The predicted octanol–water partition coefficient (Wildman–Crippen LogP) is 2.34. The molecule has 6 nitrogen and oxygen atoms in total. The Balaban J connectivity index is 1.88. The molecule has 2 fully saturated rings. The first-order chi connectivity index (χ1) is 12.3. The Morgan fingerprint density at radius 3 is 2.58 bits per heavy atom. The highest BCUT2D eigenvalue weighted by molar-refractivity contribution is 7.88. The molecular formula is C19H29N3O3S. The van der Waals surface area contributed by atoms with Crippen LogP contribution in [0.2, 0.25) is 0 Å². The minimum atomic E-state index is -3.27. The molecule has 0 amide bonds. The third kappa shape index (κ3) is 4.62. The zero-order valence-electron chi connectivity index (χ0n) is 15.7. The van der Waals surface area contributed by atoms with E-state index in [-0.39, 0.29) is 24.4 Å². The van der Waals surface area contributed by atoms with Crippen LogP contribution in [0.3, 0.4) is 0 Å². The van der Waals surface area contributed by atoms with Crippen LogP contribution < -0.4 is 5.49 Å². The van der Waals surface area contributed by atoms with E-state index >= 15 is 0 Å². The van der Waals surface area contributed by atoms with Crippen LogP contribution in [-0.4, -0.2) is 48.6 Å². The molecule has 0 aromatic carbocycles. The minimum Gasteiger partial charge on any atom is -0.274 e. The molecule has 3 rings (SSSR count). The number of nitrogens with zero attached hydrogens (tertiary/aromatic N) is 3. The molecule has 1 aromatic rings. The van der Waals surface area contributed by atoms with Crippen LogP contribution in [0.1, 0.15) is 55.3 Å². The lowest BCUT2D eigenvalue weighted by atomic mass is 9.96. The maximum Gasteiger partial charge on any atom is 0.236 e. The Labute approximate surface area is 156 Å². The molecular weight excluding hydrogens is 350 g/mol. The summed E-state index contributed by atoms with van der Waals surface area (Å²) in [6.07, 6.45) is 10.2. The van der Waals surface area contributed by atoms with Gasteiger partial charge in [-0.3, -0.25) is 14.4 Å². The van der Waals surface area contributed by atoms with Crippen molar-refractivity contribution in [3.63, 3.8) is 0 Å². The second-order valence-electron chi connectivity index (χ2n) is 7.65. The van der Waals surface area contributed by atoms with E-state index in [0.29, 0.717) is 24.9 Å². The molecule has 144 valence electrons. The highest BCUT2D eigenvalue weighted by atomic mass is 32.2.